The van der Waals surface area contributed by atoms with Gasteiger partial charge in [0.1, 0.15) is 0 Å². The van der Waals surface area contributed by atoms with Crippen molar-refractivity contribution in [2.75, 3.05) is 0 Å². The molecule has 86 valence electrons. The second-order valence-electron chi connectivity index (χ2n) is 8.68. The average Bonchev–Trinajstić information content (AvgIpc) is 3.04. The van der Waals surface area contributed by atoms with Crippen LogP contribution in [0.4, 0.5) is 0 Å². The highest BCUT2D eigenvalue weighted by molar-refractivity contribution is 5.55. The Labute approximate surface area is 98.2 Å². The third kappa shape index (κ3) is 0.456. The molecule has 0 saturated heterocycles. The largest absolute Gasteiger partial charge is 0.0651 e. The molecule has 6 aliphatic rings. The van der Waals surface area contributed by atoms with Gasteiger partial charge in [0.05, 0.1) is 0 Å². The van der Waals surface area contributed by atoms with E-state index < -0.39 is 0 Å². The van der Waals surface area contributed by atoms with E-state index in [1.54, 1.807) is 38.5 Å². The number of hydrogen-bond donors (Lipinski definition) is 0. The lowest BCUT2D eigenvalue weighted by molar-refractivity contribution is 0.502. The van der Waals surface area contributed by atoms with E-state index in [4.69, 9.17) is 0 Å². The lowest BCUT2D eigenvalue weighted by Gasteiger charge is -1.96. The van der Waals surface area contributed by atoms with Crippen molar-refractivity contribution >= 4 is 0 Å². The third-order valence-corrected chi connectivity index (χ3v) is 8.86. The lowest BCUT2D eigenvalue weighted by atomic mass is 10.1. The van der Waals surface area contributed by atoms with Crippen LogP contribution in [0.25, 0.3) is 0 Å². The molecule has 0 aliphatic heterocycles. The zero-order valence-electron chi connectivity index (χ0n) is 10.6. The first-order valence-corrected chi connectivity index (χ1v) is 7.62. The Kier molecular flexibility index (Phi) is 0.811. The molecule has 0 radical (unpaired) electrons. The van der Waals surface area contributed by atoms with Gasteiger partial charge in [-0.15, -0.1) is 0 Å². The summed E-state index contributed by atoms with van der Waals surface area (Å²) in [6.07, 6.45) is 11.4. The predicted octanol–water partition coefficient (Wildman–Crippen LogP) is 4.00. The second kappa shape index (κ2) is 1.59. The Morgan fingerprint density at radius 1 is 0.875 bits per heavy atom. The fraction of sp³-hybridized carbons (Fsp3) is 1.00. The van der Waals surface area contributed by atoms with Gasteiger partial charge in [0, 0.05) is 0 Å². The minimum atomic E-state index is 0.941. The molecule has 0 aromatic rings. The molecule has 0 heterocycles. The smallest absolute Gasteiger partial charge is 0.0161 e. The van der Waals surface area contributed by atoms with Crippen molar-refractivity contribution < 1.29 is 0 Å². The Morgan fingerprint density at radius 2 is 1.50 bits per heavy atom. The maximum absolute atomic E-state index is 2.52. The fourth-order valence-electron chi connectivity index (χ4n) is 7.68. The van der Waals surface area contributed by atoms with E-state index in [9.17, 15) is 0 Å². The van der Waals surface area contributed by atoms with Crippen LogP contribution in [0, 0.1) is 38.9 Å². The molecule has 0 aromatic heterocycles. The number of hydrogen-bond acceptors (Lipinski definition) is 0. The lowest BCUT2D eigenvalue weighted by Crippen LogP contribution is -1.93. The molecule has 0 heteroatoms. The summed E-state index contributed by atoms with van der Waals surface area (Å²) in [5.41, 5.74) is 4.79. The summed E-state index contributed by atoms with van der Waals surface area (Å²) in [4.78, 5) is 0. The molecule has 6 saturated carbocycles. The Balaban J connectivity index is 1.35. The first kappa shape index (κ1) is 8.16. The molecule has 0 amide bonds. The van der Waals surface area contributed by atoms with Crippen LogP contribution >= 0.6 is 0 Å². The van der Waals surface area contributed by atoms with Crippen molar-refractivity contribution in [1.29, 1.82) is 0 Å². The van der Waals surface area contributed by atoms with E-state index in [1.165, 1.54) is 6.42 Å². The Morgan fingerprint density at radius 3 is 2.00 bits per heavy atom. The van der Waals surface area contributed by atoms with Crippen molar-refractivity contribution in [2.45, 2.75) is 58.8 Å². The minimum absolute atomic E-state index is 0.941. The second-order valence-corrected chi connectivity index (χ2v) is 8.68. The third-order valence-electron chi connectivity index (χ3n) is 8.86. The standard InChI is InChI=1S/C16H22/c1-3-11-5-13(11)7-15(13)9-16(15)8-14(16)6-12(14)4-10(12)2/h10-11H,3-9H2,1-2H3. The Hall–Kier alpha value is 0. The quantitative estimate of drug-likeness (QED) is 0.619. The monoisotopic (exact) mass is 214 g/mol. The SMILES string of the molecule is CCC1CC12CC21CC12CC21CC12CC2C. The highest BCUT2D eigenvalue weighted by Crippen LogP contribution is 3.14. The summed E-state index contributed by atoms with van der Waals surface area (Å²) in [6, 6.07) is 0. The molecule has 6 fully saturated rings. The van der Waals surface area contributed by atoms with Gasteiger partial charge in [0.2, 0.25) is 0 Å². The van der Waals surface area contributed by atoms with Crippen LogP contribution in [0.1, 0.15) is 58.8 Å². The van der Waals surface area contributed by atoms with E-state index >= 15 is 0 Å². The molecule has 16 heavy (non-hydrogen) atoms. The van der Waals surface area contributed by atoms with Gasteiger partial charge in [0.25, 0.3) is 0 Å². The molecule has 6 rings (SSSR count). The first-order chi connectivity index (χ1) is 7.62. The van der Waals surface area contributed by atoms with E-state index in [0.29, 0.717) is 0 Å². The van der Waals surface area contributed by atoms with Crippen LogP contribution in [-0.2, 0) is 0 Å². The zero-order valence-corrected chi connectivity index (χ0v) is 10.6. The molecular weight excluding hydrogens is 192 g/mol. The van der Waals surface area contributed by atoms with Crippen LogP contribution in [-0.4, -0.2) is 0 Å². The Bertz CT molecular complexity index is 467. The van der Waals surface area contributed by atoms with E-state index in [0.717, 1.165) is 38.9 Å². The van der Waals surface area contributed by atoms with Crippen LogP contribution in [0.3, 0.4) is 0 Å². The molecule has 0 N–H and O–H groups in total. The minimum Gasteiger partial charge on any atom is -0.0651 e. The van der Waals surface area contributed by atoms with Crippen molar-refractivity contribution in [1.82, 2.24) is 0 Å². The number of rotatable bonds is 1. The predicted molar refractivity (Wildman–Crippen MR) is 62.8 cm³/mol. The van der Waals surface area contributed by atoms with Crippen LogP contribution in [0.15, 0.2) is 0 Å². The van der Waals surface area contributed by atoms with Crippen molar-refractivity contribution in [3.05, 3.63) is 0 Å². The summed E-state index contributed by atoms with van der Waals surface area (Å²) in [5.74, 6) is 2.27. The molecule has 7 unspecified atom stereocenters. The van der Waals surface area contributed by atoms with Crippen molar-refractivity contribution in [2.24, 2.45) is 38.9 Å². The van der Waals surface area contributed by atoms with Gasteiger partial charge in [0.15, 0.2) is 0 Å². The van der Waals surface area contributed by atoms with E-state index in [2.05, 4.69) is 13.8 Å². The topological polar surface area (TPSA) is 0 Å². The van der Waals surface area contributed by atoms with Gasteiger partial charge in [-0.25, -0.2) is 0 Å². The summed E-state index contributed by atoms with van der Waals surface area (Å²) < 4.78 is 0. The summed E-state index contributed by atoms with van der Waals surface area (Å²) >= 11 is 0. The maximum Gasteiger partial charge on any atom is -0.0161 e. The van der Waals surface area contributed by atoms with Crippen molar-refractivity contribution in [3.8, 4) is 0 Å². The normalized spacial score (nSPS) is 83.6. The van der Waals surface area contributed by atoms with Crippen LogP contribution in [0.5, 0.6) is 0 Å². The molecule has 0 bridgehead atoms. The van der Waals surface area contributed by atoms with Crippen molar-refractivity contribution in [3.63, 3.8) is 0 Å². The molecule has 6 aliphatic carbocycles. The molecule has 5 spiro atoms. The van der Waals surface area contributed by atoms with Gasteiger partial charge >= 0.3 is 0 Å². The van der Waals surface area contributed by atoms with E-state index in [-0.39, 0.29) is 0 Å². The summed E-state index contributed by atoms with van der Waals surface area (Å²) in [5, 5.41) is 0. The van der Waals surface area contributed by atoms with Gasteiger partial charge in [-0.05, 0) is 77.4 Å². The summed E-state index contributed by atoms with van der Waals surface area (Å²) in [7, 11) is 0. The first-order valence-electron chi connectivity index (χ1n) is 7.62. The highest BCUT2D eigenvalue weighted by Gasteiger charge is 3.08. The van der Waals surface area contributed by atoms with Gasteiger partial charge < -0.3 is 0 Å². The highest BCUT2D eigenvalue weighted by atomic mass is 15.1. The van der Waals surface area contributed by atoms with Gasteiger partial charge in [-0.2, -0.15) is 0 Å². The van der Waals surface area contributed by atoms with Gasteiger partial charge in [-0.3, -0.25) is 0 Å². The van der Waals surface area contributed by atoms with Crippen LogP contribution in [0.2, 0.25) is 0 Å². The van der Waals surface area contributed by atoms with Gasteiger partial charge in [-0.1, -0.05) is 20.3 Å². The zero-order chi connectivity index (χ0) is 10.6. The number of fused-ring (bicyclic) bond motifs is 4. The molecule has 0 aromatic carbocycles. The molecule has 7 atom stereocenters. The van der Waals surface area contributed by atoms with Crippen LogP contribution < -0.4 is 0 Å². The molecular formula is C16H22. The summed E-state index contributed by atoms with van der Waals surface area (Å²) in [6.45, 7) is 4.94. The average molecular weight is 214 g/mol. The maximum atomic E-state index is 2.52. The van der Waals surface area contributed by atoms with E-state index in [1.807, 2.05) is 0 Å². The fourth-order valence-corrected chi connectivity index (χ4v) is 7.68. The molecule has 0 nitrogen and oxygen atoms in total.